The molecule has 0 aromatic rings. The molecule has 3 nitrogen and oxygen atoms in total. The van der Waals surface area contributed by atoms with Crippen molar-refractivity contribution < 1.29 is 18.7 Å². The monoisotopic (exact) mass is 177 g/mol. The molecular weight excluding hydrogens is 168 g/mol. The van der Waals surface area contributed by atoms with Crippen molar-refractivity contribution in [3.8, 4) is 0 Å². The standard InChI is InChI=1S/C7H9F2NO2/c8-7(9)4-3-10-2-1-6(4,7)5(11)12/h4,10H,1-3H2,(H,11,12)/t4-,6-/m0/s1. The number of aliphatic carboxylic acids is 1. The van der Waals surface area contributed by atoms with E-state index in [1.807, 2.05) is 0 Å². The molecule has 5 heteroatoms. The van der Waals surface area contributed by atoms with Crippen LogP contribution in [0.25, 0.3) is 0 Å². The highest BCUT2D eigenvalue weighted by atomic mass is 19.3. The van der Waals surface area contributed by atoms with E-state index in [1.165, 1.54) is 0 Å². The molecule has 0 bridgehead atoms. The van der Waals surface area contributed by atoms with Crippen LogP contribution in [-0.4, -0.2) is 30.1 Å². The molecule has 2 rings (SSSR count). The number of rotatable bonds is 1. The van der Waals surface area contributed by atoms with E-state index in [4.69, 9.17) is 5.11 Å². The average Bonchev–Trinajstić information content (AvgIpc) is 2.52. The fourth-order valence-corrected chi connectivity index (χ4v) is 2.11. The number of hydrogen-bond acceptors (Lipinski definition) is 2. The highest BCUT2D eigenvalue weighted by molar-refractivity contribution is 5.81. The summed E-state index contributed by atoms with van der Waals surface area (Å²) in [4.78, 5) is 10.6. The highest BCUT2D eigenvalue weighted by Crippen LogP contribution is 2.68. The molecule has 1 aliphatic heterocycles. The van der Waals surface area contributed by atoms with Gasteiger partial charge in [0.1, 0.15) is 5.41 Å². The summed E-state index contributed by atoms with van der Waals surface area (Å²) < 4.78 is 26.0. The van der Waals surface area contributed by atoms with E-state index in [9.17, 15) is 13.6 Å². The number of carbonyl (C=O) groups is 1. The lowest BCUT2D eigenvalue weighted by Gasteiger charge is -2.15. The topological polar surface area (TPSA) is 49.3 Å². The van der Waals surface area contributed by atoms with E-state index >= 15 is 0 Å². The predicted octanol–water partition coefficient (Wildman–Crippen LogP) is 0.316. The van der Waals surface area contributed by atoms with Gasteiger partial charge in [0.2, 0.25) is 0 Å². The Bertz CT molecular complexity index is 244. The second-order valence-corrected chi connectivity index (χ2v) is 3.41. The van der Waals surface area contributed by atoms with E-state index in [0.29, 0.717) is 6.54 Å². The van der Waals surface area contributed by atoms with Crippen LogP contribution in [0.5, 0.6) is 0 Å². The number of hydrogen-bond donors (Lipinski definition) is 2. The molecule has 0 aromatic heterocycles. The van der Waals surface area contributed by atoms with Gasteiger partial charge in [0.05, 0.1) is 5.92 Å². The normalized spacial score (nSPS) is 43.3. The van der Waals surface area contributed by atoms with Gasteiger partial charge in [-0.1, -0.05) is 0 Å². The van der Waals surface area contributed by atoms with Crippen molar-refractivity contribution in [3.63, 3.8) is 0 Å². The fourth-order valence-electron chi connectivity index (χ4n) is 2.11. The van der Waals surface area contributed by atoms with Gasteiger partial charge in [-0.15, -0.1) is 0 Å². The number of halogens is 2. The van der Waals surface area contributed by atoms with Crippen molar-refractivity contribution in [2.24, 2.45) is 11.3 Å². The first-order valence-electron chi connectivity index (χ1n) is 3.85. The van der Waals surface area contributed by atoms with E-state index in [1.54, 1.807) is 0 Å². The van der Waals surface area contributed by atoms with Crippen LogP contribution in [0, 0.1) is 11.3 Å². The summed E-state index contributed by atoms with van der Waals surface area (Å²) in [6.45, 7) is 0.498. The van der Waals surface area contributed by atoms with Gasteiger partial charge in [0.25, 0.3) is 5.92 Å². The van der Waals surface area contributed by atoms with Crippen molar-refractivity contribution in [2.45, 2.75) is 12.3 Å². The van der Waals surface area contributed by atoms with Crippen LogP contribution in [-0.2, 0) is 4.79 Å². The molecule has 0 radical (unpaired) electrons. The molecule has 0 unspecified atom stereocenters. The SMILES string of the molecule is O=C(O)[C@]12CCNC[C@@H]1C2(F)F. The maximum absolute atomic E-state index is 13.0. The number of alkyl halides is 2. The minimum absolute atomic E-state index is 0.0417. The van der Waals surface area contributed by atoms with Crippen LogP contribution in [0.3, 0.4) is 0 Å². The third kappa shape index (κ3) is 0.612. The zero-order valence-corrected chi connectivity index (χ0v) is 6.31. The van der Waals surface area contributed by atoms with Crippen LogP contribution < -0.4 is 5.32 Å². The van der Waals surface area contributed by atoms with Gasteiger partial charge in [0.15, 0.2) is 0 Å². The summed E-state index contributed by atoms with van der Waals surface area (Å²) in [5.41, 5.74) is -1.74. The minimum Gasteiger partial charge on any atom is -0.481 e. The Morgan fingerprint density at radius 2 is 2.25 bits per heavy atom. The van der Waals surface area contributed by atoms with E-state index in [-0.39, 0.29) is 13.0 Å². The molecule has 1 aliphatic carbocycles. The van der Waals surface area contributed by atoms with Gasteiger partial charge in [-0.2, -0.15) is 0 Å². The van der Waals surface area contributed by atoms with Crippen molar-refractivity contribution >= 4 is 5.97 Å². The maximum atomic E-state index is 13.0. The minimum atomic E-state index is -3.00. The number of carboxylic acids is 1. The van der Waals surface area contributed by atoms with Gasteiger partial charge in [-0.25, -0.2) is 8.78 Å². The smallest absolute Gasteiger partial charge is 0.316 e. The molecule has 12 heavy (non-hydrogen) atoms. The van der Waals surface area contributed by atoms with Gasteiger partial charge in [-0.3, -0.25) is 4.79 Å². The lowest BCUT2D eigenvalue weighted by Crippen LogP contribution is -2.34. The van der Waals surface area contributed by atoms with E-state index in [2.05, 4.69) is 5.32 Å². The van der Waals surface area contributed by atoms with Crippen LogP contribution in [0.2, 0.25) is 0 Å². The van der Waals surface area contributed by atoms with Crippen molar-refractivity contribution in [2.75, 3.05) is 13.1 Å². The molecule has 68 valence electrons. The molecule has 2 aliphatic rings. The molecule has 0 amide bonds. The predicted molar refractivity (Wildman–Crippen MR) is 36.0 cm³/mol. The molecule has 2 fully saturated rings. The van der Waals surface area contributed by atoms with Crippen LogP contribution in [0.4, 0.5) is 8.78 Å². The molecule has 0 spiro atoms. The summed E-state index contributed by atoms with van der Waals surface area (Å²) in [6.07, 6.45) is 0.0417. The Morgan fingerprint density at radius 1 is 1.58 bits per heavy atom. The third-order valence-electron chi connectivity index (χ3n) is 2.97. The highest BCUT2D eigenvalue weighted by Gasteiger charge is 2.84. The first kappa shape index (κ1) is 7.91. The maximum Gasteiger partial charge on any atom is 0.316 e. The number of piperidine rings is 1. The van der Waals surface area contributed by atoms with Crippen molar-refractivity contribution in [3.05, 3.63) is 0 Å². The zero-order valence-electron chi connectivity index (χ0n) is 6.31. The summed E-state index contributed by atoms with van der Waals surface area (Å²) in [6, 6.07) is 0. The molecule has 1 saturated carbocycles. The largest absolute Gasteiger partial charge is 0.481 e. The summed E-state index contributed by atoms with van der Waals surface area (Å²) in [7, 11) is 0. The van der Waals surface area contributed by atoms with Crippen molar-refractivity contribution in [1.29, 1.82) is 0 Å². The molecule has 2 N–H and O–H groups in total. The summed E-state index contributed by atoms with van der Waals surface area (Å²) in [5.74, 6) is -5.34. The van der Waals surface area contributed by atoms with Crippen LogP contribution in [0.15, 0.2) is 0 Å². The van der Waals surface area contributed by atoms with E-state index in [0.717, 1.165) is 0 Å². The molecule has 1 saturated heterocycles. The van der Waals surface area contributed by atoms with E-state index < -0.39 is 23.2 Å². The van der Waals surface area contributed by atoms with Gasteiger partial charge in [-0.05, 0) is 13.0 Å². The Hall–Kier alpha value is -0.710. The third-order valence-corrected chi connectivity index (χ3v) is 2.97. The van der Waals surface area contributed by atoms with Crippen LogP contribution >= 0.6 is 0 Å². The number of fused-ring (bicyclic) bond motifs is 1. The quantitative estimate of drug-likeness (QED) is 0.606. The first-order valence-corrected chi connectivity index (χ1v) is 3.85. The molecular formula is C7H9F2NO2. The zero-order chi connectivity index (χ0) is 8.98. The number of carboxylic acid groups (broad SMARTS) is 1. The molecule has 1 heterocycles. The average molecular weight is 177 g/mol. The Kier molecular flexibility index (Phi) is 1.29. The Morgan fingerprint density at radius 3 is 2.67 bits per heavy atom. The number of nitrogens with one attached hydrogen (secondary N) is 1. The second kappa shape index (κ2) is 1.96. The van der Waals surface area contributed by atoms with Gasteiger partial charge in [0, 0.05) is 6.54 Å². The van der Waals surface area contributed by atoms with Crippen LogP contribution in [0.1, 0.15) is 6.42 Å². The lowest BCUT2D eigenvalue weighted by atomic mass is 9.96. The fraction of sp³-hybridized carbons (Fsp3) is 0.857. The van der Waals surface area contributed by atoms with Gasteiger partial charge >= 0.3 is 5.97 Å². The Balaban J connectivity index is 2.30. The van der Waals surface area contributed by atoms with Gasteiger partial charge < -0.3 is 10.4 Å². The van der Waals surface area contributed by atoms with Crippen molar-refractivity contribution in [1.82, 2.24) is 5.32 Å². The summed E-state index contributed by atoms with van der Waals surface area (Å²) in [5, 5.41) is 11.4. The molecule has 2 atom stereocenters. The first-order chi connectivity index (χ1) is 5.53. The lowest BCUT2D eigenvalue weighted by molar-refractivity contribution is -0.148. The Labute approximate surface area is 67.8 Å². The second-order valence-electron chi connectivity index (χ2n) is 3.41. The molecule has 0 aromatic carbocycles. The summed E-state index contributed by atoms with van der Waals surface area (Å²) >= 11 is 0.